The van der Waals surface area contributed by atoms with Crippen LogP contribution in [0.25, 0.3) is 0 Å². The molecule has 0 saturated carbocycles. The van der Waals surface area contributed by atoms with Crippen LogP contribution in [0.5, 0.6) is 0 Å². The Bertz CT molecular complexity index is 674. The van der Waals surface area contributed by atoms with Crippen LogP contribution in [0.15, 0.2) is 42.7 Å². The van der Waals surface area contributed by atoms with Crippen LogP contribution in [0.3, 0.4) is 0 Å². The number of carbonyl (C=O) groups excluding carboxylic acids is 1. The second-order valence-electron chi connectivity index (χ2n) is 5.53. The summed E-state index contributed by atoms with van der Waals surface area (Å²) >= 11 is 12.1. The van der Waals surface area contributed by atoms with E-state index in [2.05, 4.69) is 4.98 Å². The van der Waals surface area contributed by atoms with Crippen LogP contribution >= 0.6 is 23.2 Å². The minimum Gasteiger partial charge on any atom is -0.377 e. The van der Waals surface area contributed by atoms with Gasteiger partial charge >= 0.3 is 0 Å². The summed E-state index contributed by atoms with van der Waals surface area (Å²) in [4.78, 5) is 16.6. The van der Waals surface area contributed by atoms with Gasteiger partial charge in [0, 0.05) is 40.3 Å². The van der Waals surface area contributed by atoms with E-state index < -0.39 is 5.60 Å². The van der Waals surface area contributed by atoms with E-state index in [1.54, 1.807) is 50.4 Å². The van der Waals surface area contributed by atoms with Gasteiger partial charge in [0.25, 0.3) is 0 Å². The summed E-state index contributed by atoms with van der Waals surface area (Å²) in [5, 5.41) is 12.0. The lowest BCUT2D eigenvalue weighted by Gasteiger charge is -2.29. The monoisotopic (exact) mass is 337 g/mol. The fraction of sp³-hybridized carbons (Fsp3) is 0.294. The molecular weight excluding hydrogens is 321 g/mol. The van der Waals surface area contributed by atoms with E-state index in [1.807, 2.05) is 0 Å². The maximum absolute atomic E-state index is 12.6. The molecule has 0 radical (unpaired) electrons. The van der Waals surface area contributed by atoms with Crippen molar-refractivity contribution in [1.29, 1.82) is 0 Å². The number of aliphatic hydroxyl groups is 1. The van der Waals surface area contributed by atoms with Gasteiger partial charge in [0.05, 0.1) is 0 Å². The fourth-order valence-electron chi connectivity index (χ4n) is 2.36. The number of benzene rings is 1. The van der Waals surface area contributed by atoms with Crippen molar-refractivity contribution < 1.29 is 9.90 Å². The van der Waals surface area contributed by atoms with E-state index in [0.29, 0.717) is 21.2 Å². The summed E-state index contributed by atoms with van der Waals surface area (Å²) in [6.45, 7) is 3.51. The minimum atomic E-state index is -1.67. The molecule has 0 amide bonds. The molecule has 2 rings (SSSR count). The largest absolute Gasteiger partial charge is 0.377 e. The second-order valence-corrected chi connectivity index (χ2v) is 6.38. The molecule has 22 heavy (non-hydrogen) atoms. The molecule has 0 fully saturated rings. The van der Waals surface area contributed by atoms with Crippen molar-refractivity contribution in [2.45, 2.75) is 25.9 Å². The molecule has 1 N–H and O–H groups in total. The second kappa shape index (κ2) is 6.78. The number of halogens is 2. The Labute approximate surface area is 139 Å². The molecule has 116 valence electrons. The van der Waals surface area contributed by atoms with Crippen molar-refractivity contribution in [3.05, 3.63) is 63.9 Å². The first-order chi connectivity index (χ1) is 10.3. The third kappa shape index (κ3) is 3.49. The topological polar surface area (TPSA) is 50.2 Å². The average Bonchev–Trinajstić information content (AvgIpc) is 2.50. The van der Waals surface area contributed by atoms with Crippen LogP contribution in [0.2, 0.25) is 10.0 Å². The molecule has 0 aliphatic carbocycles. The number of aromatic nitrogens is 1. The lowest BCUT2D eigenvalue weighted by molar-refractivity contribution is -0.141. The highest BCUT2D eigenvalue weighted by atomic mass is 35.5. The van der Waals surface area contributed by atoms with E-state index in [9.17, 15) is 9.90 Å². The van der Waals surface area contributed by atoms with Gasteiger partial charge in [-0.05, 0) is 23.8 Å². The van der Waals surface area contributed by atoms with Crippen molar-refractivity contribution in [3.63, 3.8) is 0 Å². The Kier molecular flexibility index (Phi) is 5.22. The van der Waals surface area contributed by atoms with Crippen LogP contribution in [0.1, 0.15) is 25.0 Å². The molecule has 0 saturated heterocycles. The number of carbonyl (C=O) groups is 1. The summed E-state index contributed by atoms with van der Waals surface area (Å²) in [7, 11) is 0. The zero-order chi connectivity index (χ0) is 16.3. The fourth-order valence-corrected chi connectivity index (χ4v) is 2.83. The van der Waals surface area contributed by atoms with Gasteiger partial charge in [0.15, 0.2) is 11.4 Å². The smallest absolute Gasteiger partial charge is 0.171 e. The maximum atomic E-state index is 12.6. The molecule has 2 aromatic rings. The number of hydrogen-bond acceptors (Lipinski definition) is 3. The van der Waals surface area contributed by atoms with Gasteiger partial charge in [0.1, 0.15) is 0 Å². The van der Waals surface area contributed by atoms with Crippen LogP contribution in [-0.4, -0.2) is 15.9 Å². The lowest BCUT2D eigenvalue weighted by atomic mass is 9.80. The van der Waals surface area contributed by atoms with E-state index in [0.717, 1.165) is 0 Å². The number of pyridine rings is 1. The van der Waals surface area contributed by atoms with E-state index >= 15 is 0 Å². The minimum absolute atomic E-state index is 0.0751. The van der Waals surface area contributed by atoms with Crippen molar-refractivity contribution >= 4 is 29.0 Å². The Balaban J connectivity index is 2.48. The van der Waals surface area contributed by atoms with Gasteiger partial charge in [-0.15, -0.1) is 0 Å². The highest BCUT2D eigenvalue weighted by Gasteiger charge is 2.39. The van der Waals surface area contributed by atoms with Crippen molar-refractivity contribution in [2.24, 2.45) is 5.92 Å². The zero-order valence-corrected chi connectivity index (χ0v) is 13.9. The molecule has 1 aromatic carbocycles. The molecular formula is C17H17Cl2NO2. The Hall–Kier alpha value is -1.42. The highest BCUT2D eigenvalue weighted by Crippen LogP contribution is 2.32. The summed E-state index contributed by atoms with van der Waals surface area (Å²) in [5.74, 6) is -0.595. The Morgan fingerprint density at radius 2 is 2.05 bits per heavy atom. The van der Waals surface area contributed by atoms with E-state index in [1.165, 1.54) is 6.20 Å². The standard InChI is InChI=1S/C17H17Cl2NO2/c1-11(2)16(21)17(22,13-4-3-7-20-10-13)9-12-5-6-14(18)8-15(12)19/h3-8,10-11,22H,9H2,1-2H3. The molecule has 1 aromatic heterocycles. The maximum Gasteiger partial charge on any atom is 0.171 e. The predicted molar refractivity (Wildman–Crippen MR) is 88.1 cm³/mol. The third-order valence-corrected chi connectivity index (χ3v) is 4.12. The van der Waals surface area contributed by atoms with Gasteiger partial charge in [-0.3, -0.25) is 9.78 Å². The first-order valence-electron chi connectivity index (χ1n) is 6.95. The zero-order valence-electron chi connectivity index (χ0n) is 12.4. The number of Topliss-reactive ketones (excluding diaryl/α,β-unsaturated/α-hetero) is 1. The van der Waals surface area contributed by atoms with Crippen LogP contribution in [-0.2, 0) is 16.8 Å². The molecule has 3 nitrogen and oxygen atoms in total. The van der Waals surface area contributed by atoms with Gasteiger partial charge < -0.3 is 5.11 Å². The van der Waals surface area contributed by atoms with Crippen molar-refractivity contribution in [1.82, 2.24) is 4.98 Å². The SMILES string of the molecule is CC(C)C(=O)C(O)(Cc1ccc(Cl)cc1Cl)c1cccnc1. The van der Waals surface area contributed by atoms with Gasteiger partial charge in [-0.2, -0.15) is 0 Å². The van der Waals surface area contributed by atoms with Crippen LogP contribution in [0, 0.1) is 5.92 Å². The number of rotatable bonds is 5. The van der Waals surface area contributed by atoms with Crippen LogP contribution in [0.4, 0.5) is 0 Å². The van der Waals surface area contributed by atoms with Gasteiger partial charge in [0.2, 0.25) is 0 Å². The summed E-state index contributed by atoms with van der Waals surface area (Å²) in [5.41, 5.74) is -0.550. The molecule has 0 aliphatic rings. The highest BCUT2D eigenvalue weighted by molar-refractivity contribution is 6.35. The number of nitrogens with zero attached hydrogens (tertiary/aromatic N) is 1. The Morgan fingerprint density at radius 1 is 1.32 bits per heavy atom. The number of ketones is 1. The summed E-state index contributed by atoms with van der Waals surface area (Å²) in [6, 6.07) is 8.39. The van der Waals surface area contributed by atoms with Crippen molar-refractivity contribution in [2.75, 3.05) is 0 Å². The average molecular weight is 338 g/mol. The molecule has 1 atom stereocenters. The summed E-state index contributed by atoms with van der Waals surface area (Å²) in [6.07, 6.45) is 3.18. The molecule has 0 aliphatic heterocycles. The summed E-state index contributed by atoms with van der Waals surface area (Å²) < 4.78 is 0. The predicted octanol–water partition coefficient (Wildman–Crippen LogP) is 4.04. The van der Waals surface area contributed by atoms with Crippen LogP contribution < -0.4 is 0 Å². The van der Waals surface area contributed by atoms with E-state index in [4.69, 9.17) is 23.2 Å². The quantitative estimate of drug-likeness (QED) is 0.895. The van der Waals surface area contributed by atoms with E-state index in [-0.39, 0.29) is 18.1 Å². The molecule has 1 unspecified atom stereocenters. The third-order valence-electron chi connectivity index (χ3n) is 3.53. The van der Waals surface area contributed by atoms with Gasteiger partial charge in [-0.1, -0.05) is 49.2 Å². The van der Waals surface area contributed by atoms with Gasteiger partial charge in [-0.25, -0.2) is 0 Å². The lowest BCUT2D eigenvalue weighted by Crippen LogP contribution is -2.41. The number of hydrogen-bond donors (Lipinski definition) is 1. The molecule has 0 bridgehead atoms. The molecule has 5 heteroatoms. The molecule has 0 spiro atoms. The van der Waals surface area contributed by atoms with Crippen molar-refractivity contribution in [3.8, 4) is 0 Å². The first kappa shape index (κ1) is 16.9. The molecule has 1 heterocycles. The Morgan fingerprint density at radius 3 is 2.59 bits per heavy atom. The normalized spacial score (nSPS) is 13.9. The first-order valence-corrected chi connectivity index (χ1v) is 7.71.